The first-order valence-corrected chi connectivity index (χ1v) is 16.6. The minimum absolute atomic E-state index is 0.0440. The molecule has 0 radical (unpaired) electrons. The van der Waals surface area contributed by atoms with Crippen LogP contribution in [-0.4, -0.2) is 109 Å². The molecular weight excluding hydrogens is 680 g/mol. The molecule has 6 rings (SSSR count). The van der Waals surface area contributed by atoms with Crippen molar-refractivity contribution < 1.29 is 63.3 Å². The van der Waals surface area contributed by atoms with Gasteiger partial charge in [0, 0.05) is 13.3 Å². The zero-order valence-electron chi connectivity index (χ0n) is 28.4. The fraction of sp³-hybridized carbons (Fsp3) is 0.405. The summed E-state index contributed by atoms with van der Waals surface area (Å²) in [4.78, 5) is 53.3. The van der Waals surface area contributed by atoms with E-state index in [0.717, 1.165) is 19.4 Å². The van der Waals surface area contributed by atoms with Gasteiger partial charge in [0.1, 0.15) is 11.7 Å². The van der Waals surface area contributed by atoms with Crippen molar-refractivity contribution >= 4 is 23.9 Å². The normalized spacial score (nSPS) is 32.8. The molecule has 2 unspecified atom stereocenters. The van der Waals surface area contributed by atoms with Crippen LogP contribution in [0.15, 0.2) is 91.0 Å². The Morgan fingerprint density at radius 3 is 2.04 bits per heavy atom. The van der Waals surface area contributed by atoms with Gasteiger partial charge in [-0.05, 0) is 30.2 Å². The lowest BCUT2D eigenvalue weighted by Crippen LogP contribution is -2.75. The molecule has 3 aliphatic rings. The second-order valence-electron chi connectivity index (χ2n) is 13.2. The monoisotopic (exact) mass is 720 g/mol. The molecule has 3 aromatic rings. The first kappa shape index (κ1) is 37.0. The van der Waals surface area contributed by atoms with E-state index in [9.17, 15) is 39.6 Å². The summed E-state index contributed by atoms with van der Waals surface area (Å²) >= 11 is 0. The largest absolute Gasteiger partial charge is 0.454 e. The summed E-state index contributed by atoms with van der Waals surface area (Å²) in [6, 6.07) is 24.3. The highest BCUT2D eigenvalue weighted by Crippen LogP contribution is 2.56. The van der Waals surface area contributed by atoms with Crippen LogP contribution in [0.4, 0.5) is 4.79 Å². The summed E-state index contributed by atoms with van der Waals surface area (Å²) in [7, 11) is 0. The van der Waals surface area contributed by atoms with E-state index < -0.39 is 90.6 Å². The molecule has 52 heavy (non-hydrogen) atoms. The van der Waals surface area contributed by atoms with Gasteiger partial charge >= 0.3 is 18.0 Å². The molecule has 3 aromatic carbocycles. The zero-order chi connectivity index (χ0) is 37.3. The van der Waals surface area contributed by atoms with E-state index in [-0.39, 0.29) is 18.8 Å². The molecule has 2 heterocycles. The van der Waals surface area contributed by atoms with Crippen LogP contribution in [0.25, 0.3) is 0 Å². The van der Waals surface area contributed by atoms with E-state index >= 15 is 0 Å². The number of fused-ring (bicyclic) bond motifs is 1. The average Bonchev–Trinajstić information content (AvgIpc) is 3.38. The van der Waals surface area contributed by atoms with Gasteiger partial charge in [0.2, 0.25) is 0 Å². The van der Waals surface area contributed by atoms with Crippen LogP contribution in [0.3, 0.4) is 0 Å². The molecule has 0 bridgehead atoms. The summed E-state index contributed by atoms with van der Waals surface area (Å²) in [6.07, 6.45) is -11.9. The number of esters is 2. The molecule has 15 nitrogen and oxygen atoms in total. The van der Waals surface area contributed by atoms with E-state index in [1.54, 1.807) is 72.8 Å². The van der Waals surface area contributed by atoms with E-state index in [0.29, 0.717) is 10.5 Å². The Labute approximate surface area is 298 Å². The number of rotatable bonds is 11. The molecule has 1 aliphatic carbocycles. The number of imide groups is 1. The number of aliphatic hydroxyl groups is 4. The number of ether oxygens (including phenoxy) is 5. The number of nitrogens with one attached hydrogen (secondary N) is 1. The molecule has 2 saturated heterocycles. The van der Waals surface area contributed by atoms with Gasteiger partial charge in [0.25, 0.3) is 5.91 Å². The number of hydrogen-bond donors (Lipinski definition) is 5. The number of carbonyl (C=O) groups excluding carboxylic acids is 4. The van der Waals surface area contributed by atoms with Crippen LogP contribution >= 0.6 is 0 Å². The third-order valence-electron chi connectivity index (χ3n) is 9.70. The number of carbonyl (C=O) groups is 4. The van der Waals surface area contributed by atoms with Gasteiger partial charge in [0.15, 0.2) is 35.9 Å². The van der Waals surface area contributed by atoms with Crippen molar-refractivity contribution in [2.75, 3.05) is 6.61 Å². The van der Waals surface area contributed by atoms with Crippen LogP contribution in [0.1, 0.15) is 41.8 Å². The lowest BCUT2D eigenvalue weighted by atomic mass is 9.66. The SMILES string of the molecule is CC(=O)O[C@H]1[C@H](N2C(=O)NC(=O)C(C)(O)C2O)O[C@@]2(COCc3ccccc3)[C@@H](OC(=O)c3ccccc3)[C@H](O)[C@H](O)C[C@]12OCc1ccccc1. The highest BCUT2D eigenvalue weighted by molar-refractivity contribution is 6.01. The van der Waals surface area contributed by atoms with Crippen molar-refractivity contribution in [1.82, 2.24) is 10.2 Å². The molecule has 5 N–H and O–H groups in total. The summed E-state index contributed by atoms with van der Waals surface area (Å²) in [5.74, 6) is -3.05. The molecular formula is C37H40N2O13. The van der Waals surface area contributed by atoms with Gasteiger partial charge in [-0.25, -0.2) is 9.59 Å². The minimum Gasteiger partial charge on any atom is -0.454 e. The van der Waals surface area contributed by atoms with Gasteiger partial charge in [0.05, 0.1) is 31.5 Å². The van der Waals surface area contributed by atoms with Gasteiger partial charge < -0.3 is 44.1 Å². The van der Waals surface area contributed by atoms with E-state index in [4.69, 9.17) is 23.7 Å². The average molecular weight is 721 g/mol. The third kappa shape index (κ3) is 6.67. The molecule has 3 amide bonds. The number of hydrogen-bond acceptors (Lipinski definition) is 13. The Hall–Kier alpha value is -4.74. The van der Waals surface area contributed by atoms with Gasteiger partial charge in [-0.1, -0.05) is 78.9 Å². The zero-order valence-corrected chi connectivity index (χ0v) is 28.4. The summed E-state index contributed by atoms with van der Waals surface area (Å²) in [6.45, 7) is 1.21. The first-order valence-electron chi connectivity index (χ1n) is 16.6. The maximum atomic E-state index is 13.7. The Bertz CT molecular complexity index is 1760. The molecule has 1 saturated carbocycles. The predicted octanol–water partition coefficient (Wildman–Crippen LogP) is 1.16. The highest BCUT2D eigenvalue weighted by Gasteiger charge is 2.78. The van der Waals surface area contributed by atoms with Crippen molar-refractivity contribution in [2.45, 2.75) is 87.2 Å². The van der Waals surface area contributed by atoms with Crippen molar-refractivity contribution in [1.29, 1.82) is 0 Å². The maximum absolute atomic E-state index is 13.7. The smallest absolute Gasteiger partial charge is 0.338 e. The van der Waals surface area contributed by atoms with Crippen molar-refractivity contribution in [3.63, 3.8) is 0 Å². The minimum atomic E-state index is -2.58. The van der Waals surface area contributed by atoms with Crippen molar-refractivity contribution in [3.8, 4) is 0 Å². The second kappa shape index (κ2) is 14.7. The lowest BCUT2D eigenvalue weighted by molar-refractivity contribution is -0.300. The van der Waals surface area contributed by atoms with Crippen LogP contribution in [0, 0.1) is 0 Å². The number of amides is 3. The number of benzene rings is 3. The van der Waals surface area contributed by atoms with Gasteiger partial charge in [-0.2, -0.15) is 0 Å². The Kier molecular flexibility index (Phi) is 10.5. The summed E-state index contributed by atoms with van der Waals surface area (Å²) < 4.78 is 31.5. The standard InChI is InChI=1S/C37H40N2O13/c1-22(40)50-29-30(39-33(45)35(2,47)32(44)38-34(39)46)52-37(21-48-19-23-12-6-3-7-13-23)28(51-31(43)25-16-10-5-11-17-25)27(42)26(41)18-36(29,37)49-20-24-14-8-4-9-15-24/h3-17,26-30,33,41-42,45,47H,18-21H2,1-2H3,(H,38,44,46)/t26-,27-,28+,29+,30-,33?,35?,36+,37+/m1/s1. The lowest BCUT2D eigenvalue weighted by Gasteiger charge is -2.54. The van der Waals surface area contributed by atoms with Crippen LogP contribution in [0.5, 0.6) is 0 Å². The fourth-order valence-electron chi connectivity index (χ4n) is 7.04. The first-order chi connectivity index (χ1) is 24.8. The quantitative estimate of drug-likeness (QED) is 0.176. The predicted molar refractivity (Wildman–Crippen MR) is 178 cm³/mol. The van der Waals surface area contributed by atoms with Gasteiger partial charge in [-0.3, -0.25) is 19.8 Å². The van der Waals surface area contributed by atoms with Gasteiger partial charge in [-0.15, -0.1) is 0 Å². The maximum Gasteiger partial charge on any atom is 0.338 e. The Morgan fingerprint density at radius 1 is 0.865 bits per heavy atom. The highest BCUT2D eigenvalue weighted by atomic mass is 16.7. The second-order valence-corrected chi connectivity index (χ2v) is 13.2. The fourth-order valence-corrected chi connectivity index (χ4v) is 7.04. The molecule has 276 valence electrons. The summed E-state index contributed by atoms with van der Waals surface area (Å²) in [5.41, 5.74) is -5.52. The van der Waals surface area contributed by atoms with E-state index in [1.807, 2.05) is 11.4 Å². The van der Waals surface area contributed by atoms with E-state index in [1.165, 1.54) is 12.1 Å². The molecule has 3 fully saturated rings. The third-order valence-corrected chi connectivity index (χ3v) is 9.70. The Balaban J connectivity index is 1.54. The van der Waals surface area contributed by atoms with Crippen molar-refractivity contribution in [3.05, 3.63) is 108 Å². The number of nitrogens with zero attached hydrogens (tertiary/aromatic N) is 1. The molecule has 0 spiro atoms. The Morgan fingerprint density at radius 2 is 1.44 bits per heavy atom. The molecule has 0 aromatic heterocycles. The van der Waals surface area contributed by atoms with Crippen LogP contribution in [0.2, 0.25) is 0 Å². The number of aliphatic hydroxyl groups excluding tert-OH is 3. The molecule has 2 aliphatic heterocycles. The van der Waals surface area contributed by atoms with Crippen LogP contribution in [-0.2, 0) is 46.5 Å². The topological polar surface area (TPSA) is 211 Å². The number of urea groups is 1. The molecule has 15 heteroatoms. The van der Waals surface area contributed by atoms with Crippen molar-refractivity contribution in [2.24, 2.45) is 0 Å². The van der Waals surface area contributed by atoms with Crippen LogP contribution < -0.4 is 5.32 Å². The summed E-state index contributed by atoms with van der Waals surface area (Å²) in [5, 5.41) is 47.6. The molecule has 9 atom stereocenters. The van der Waals surface area contributed by atoms with E-state index in [2.05, 4.69) is 0 Å².